The number of fused-ring (bicyclic) bond motifs is 1. The first-order valence-corrected chi connectivity index (χ1v) is 11.7. The number of aromatic nitrogens is 1. The number of aromatic amines is 1. The standard InChI is InChI=1S/C26H29N3O4S/c1-16-10-11-18-13-19(24(30)28-23(18)17(16)2)14-29(15-20-7-6-12-33-20)26(34)27-22-9-5-4-8-21(22)25(31)32-3/h4-5,8-11,13,20H,6-7,12,14-15H2,1-3H3,(H,27,34)(H,28,30). The summed E-state index contributed by atoms with van der Waals surface area (Å²) in [5, 5.41) is 4.57. The number of methoxy groups -OCH3 is 1. The van der Waals surface area contributed by atoms with Gasteiger partial charge in [-0.15, -0.1) is 0 Å². The first kappa shape index (κ1) is 23.9. The fourth-order valence-electron chi connectivity index (χ4n) is 4.22. The molecule has 178 valence electrons. The fourth-order valence-corrected chi connectivity index (χ4v) is 4.47. The summed E-state index contributed by atoms with van der Waals surface area (Å²) in [4.78, 5) is 30.2. The van der Waals surface area contributed by atoms with Gasteiger partial charge in [0.15, 0.2) is 5.11 Å². The van der Waals surface area contributed by atoms with Crippen molar-refractivity contribution in [1.29, 1.82) is 0 Å². The average Bonchev–Trinajstić information content (AvgIpc) is 3.35. The van der Waals surface area contributed by atoms with Crippen molar-refractivity contribution in [3.05, 3.63) is 75.1 Å². The van der Waals surface area contributed by atoms with Crippen LogP contribution in [0.15, 0.2) is 47.3 Å². The molecule has 1 unspecified atom stereocenters. The maximum absolute atomic E-state index is 13.0. The molecule has 1 saturated heterocycles. The van der Waals surface area contributed by atoms with E-state index >= 15 is 0 Å². The van der Waals surface area contributed by atoms with Crippen LogP contribution < -0.4 is 10.9 Å². The van der Waals surface area contributed by atoms with E-state index in [1.165, 1.54) is 7.11 Å². The Balaban J connectivity index is 1.64. The number of nitrogens with zero attached hydrogens (tertiary/aromatic N) is 1. The number of hydrogen-bond donors (Lipinski definition) is 2. The minimum atomic E-state index is -0.451. The van der Waals surface area contributed by atoms with Gasteiger partial charge in [0.1, 0.15) is 0 Å². The number of anilines is 1. The molecule has 1 aromatic heterocycles. The third-order valence-corrected chi connectivity index (χ3v) is 6.66. The van der Waals surface area contributed by atoms with E-state index in [0.717, 1.165) is 41.5 Å². The van der Waals surface area contributed by atoms with E-state index in [9.17, 15) is 9.59 Å². The zero-order valence-electron chi connectivity index (χ0n) is 19.6. The van der Waals surface area contributed by atoms with Crippen molar-refractivity contribution in [1.82, 2.24) is 9.88 Å². The second-order valence-electron chi connectivity index (χ2n) is 8.58. The summed E-state index contributed by atoms with van der Waals surface area (Å²) in [5.41, 5.74) is 4.45. The quantitative estimate of drug-likeness (QED) is 0.403. The first-order chi connectivity index (χ1) is 16.4. The second kappa shape index (κ2) is 10.4. The van der Waals surface area contributed by atoms with Crippen LogP contribution in [0.1, 0.15) is 39.9 Å². The average molecular weight is 480 g/mol. The maximum Gasteiger partial charge on any atom is 0.339 e. The normalized spacial score (nSPS) is 15.3. The number of pyridine rings is 1. The molecule has 0 spiro atoms. The number of ether oxygens (including phenoxy) is 2. The largest absolute Gasteiger partial charge is 0.465 e. The van der Waals surface area contributed by atoms with Crippen LogP contribution in [0.5, 0.6) is 0 Å². The molecule has 7 nitrogen and oxygen atoms in total. The number of aryl methyl sites for hydroxylation is 2. The molecule has 2 N–H and O–H groups in total. The molecule has 2 heterocycles. The van der Waals surface area contributed by atoms with Gasteiger partial charge in [0.2, 0.25) is 0 Å². The molecule has 0 bridgehead atoms. The molecule has 0 saturated carbocycles. The number of para-hydroxylation sites is 1. The highest BCUT2D eigenvalue weighted by Gasteiger charge is 2.23. The molecular weight excluding hydrogens is 450 g/mol. The molecule has 2 aromatic carbocycles. The van der Waals surface area contributed by atoms with E-state index in [0.29, 0.717) is 35.0 Å². The topological polar surface area (TPSA) is 83.7 Å². The van der Waals surface area contributed by atoms with Gasteiger partial charge in [-0.25, -0.2) is 4.79 Å². The summed E-state index contributed by atoms with van der Waals surface area (Å²) in [6, 6.07) is 13.0. The zero-order chi connectivity index (χ0) is 24.2. The number of esters is 1. The summed E-state index contributed by atoms with van der Waals surface area (Å²) in [6.45, 7) is 5.61. The fraction of sp³-hybridized carbons (Fsp3) is 0.346. The molecule has 0 radical (unpaired) electrons. The van der Waals surface area contributed by atoms with Gasteiger partial charge in [-0.2, -0.15) is 0 Å². The summed E-state index contributed by atoms with van der Waals surface area (Å²) < 4.78 is 10.7. The molecular formula is C26H29N3O4S. The van der Waals surface area contributed by atoms with Gasteiger partial charge in [-0.3, -0.25) is 4.79 Å². The Morgan fingerprint density at radius 3 is 2.79 bits per heavy atom. The van der Waals surface area contributed by atoms with Gasteiger partial charge in [-0.05, 0) is 73.6 Å². The number of nitrogens with one attached hydrogen (secondary N) is 2. The van der Waals surface area contributed by atoms with Crippen LogP contribution in [0.4, 0.5) is 5.69 Å². The maximum atomic E-state index is 13.0. The van der Waals surface area contributed by atoms with Crippen LogP contribution in [0.25, 0.3) is 10.9 Å². The molecule has 0 aliphatic carbocycles. The molecule has 1 fully saturated rings. The third-order valence-electron chi connectivity index (χ3n) is 6.30. The van der Waals surface area contributed by atoms with Crippen LogP contribution in [0.3, 0.4) is 0 Å². The van der Waals surface area contributed by atoms with Gasteiger partial charge >= 0.3 is 5.97 Å². The van der Waals surface area contributed by atoms with Crippen LogP contribution in [-0.2, 0) is 16.0 Å². The lowest BCUT2D eigenvalue weighted by Crippen LogP contribution is -2.40. The van der Waals surface area contributed by atoms with E-state index in [1.807, 2.05) is 36.9 Å². The van der Waals surface area contributed by atoms with E-state index in [-0.39, 0.29) is 11.7 Å². The third kappa shape index (κ3) is 5.13. The van der Waals surface area contributed by atoms with E-state index in [1.54, 1.807) is 18.2 Å². The number of H-pyrrole nitrogens is 1. The minimum Gasteiger partial charge on any atom is -0.465 e. The number of rotatable bonds is 6. The lowest BCUT2D eigenvalue weighted by atomic mass is 10.0. The van der Waals surface area contributed by atoms with E-state index in [4.69, 9.17) is 21.7 Å². The van der Waals surface area contributed by atoms with Crippen LogP contribution in [-0.4, -0.2) is 47.3 Å². The lowest BCUT2D eigenvalue weighted by Gasteiger charge is -2.28. The Kier molecular flexibility index (Phi) is 7.29. The van der Waals surface area contributed by atoms with Gasteiger partial charge in [-0.1, -0.05) is 24.3 Å². The molecule has 1 aliphatic heterocycles. The minimum absolute atomic E-state index is 0.0278. The van der Waals surface area contributed by atoms with Crippen molar-refractivity contribution in [3.63, 3.8) is 0 Å². The highest BCUT2D eigenvalue weighted by Crippen LogP contribution is 2.22. The Bertz CT molecular complexity index is 1280. The number of thiocarbonyl (C=S) groups is 1. The van der Waals surface area contributed by atoms with Crippen LogP contribution >= 0.6 is 12.2 Å². The van der Waals surface area contributed by atoms with Crippen molar-refractivity contribution >= 4 is 39.9 Å². The summed E-state index contributed by atoms with van der Waals surface area (Å²) in [7, 11) is 1.34. The molecule has 4 rings (SSSR count). The Morgan fingerprint density at radius 1 is 1.26 bits per heavy atom. The molecule has 0 amide bonds. The summed E-state index contributed by atoms with van der Waals surface area (Å²) in [6.07, 6.45) is 1.96. The Labute approximate surface area is 204 Å². The predicted octanol–water partition coefficient (Wildman–Crippen LogP) is 4.31. The summed E-state index contributed by atoms with van der Waals surface area (Å²) in [5.74, 6) is -0.451. The molecule has 3 aromatic rings. The zero-order valence-corrected chi connectivity index (χ0v) is 20.5. The number of carbonyl (C=O) groups is 1. The highest BCUT2D eigenvalue weighted by atomic mass is 32.1. The van der Waals surface area contributed by atoms with Crippen molar-refractivity contribution in [2.75, 3.05) is 25.6 Å². The SMILES string of the molecule is COC(=O)c1ccccc1NC(=S)N(Cc1cc2ccc(C)c(C)c2[nH]c1=O)CC1CCCO1. The Morgan fingerprint density at radius 2 is 2.06 bits per heavy atom. The van der Waals surface area contributed by atoms with Gasteiger partial charge in [0.25, 0.3) is 5.56 Å². The number of hydrogen-bond acceptors (Lipinski definition) is 5. The predicted molar refractivity (Wildman–Crippen MR) is 137 cm³/mol. The Hall–Kier alpha value is -3.23. The molecule has 34 heavy (non-hydrogen) atoms. The van der Waals surface area contributed by atoms with Crippen molar-refractivity contribution < 1.29 is 14.3 Å². The second-order valence-corrected chi connectivity index (χ2v) is 8.96. The van der Waals surface area contributed by atoms with Gasteiger partial charge < -0.3 is 24.7 Å². The molecule has 1 aliphatic rings. The van der Waals surface area contributed by atoms with Gasteiger partial charge in [0.05, 0.1) is 36.5 Å². The summed E-state index contributed by atoms with van der Waals surface area (Å²) >= 11 is 5.75. The smallest absolute Gasteiger partial charge is 0.339 e. The van der Waals surface area contributed by atoms with E-state index in [2.05, 4.69) is 16.4 Å². The van der Waals surface area contributed by atoms with Crippen molar-refractivity contribution in [2.45, 2.75) is 39.3 Å². The first-order valence-electron chi connectivity index (χ1n) is 11.3. The molecule has 8 heteroatoms. The van der Waals surface area contributed by atoms with Gasteiger partial charge in [0, 0.05) is 18.7 Å². The molecule has 1 atom stereocenters. The monoisotopic (exact) mass is 479 g/mol. The van der Waals surface area contributed by atoms with Crippen molar-refractivity contribution in [2.24, 2.45) is 0 Å². The van der Waals surface area contributed by atoms with Crippen LogP contribution in [0.2, 0.25) is 0 Å². The lowest BCUT2D eigenvalue weighted by molar-refractivity contribution is 0.0602. The van der Waals surface area contributed by atoms with Crippen LogP contribution in [0, 0.1) is 13.8 Å². The number of carbonyl (C=O) groups excluding carboxylic acids is 1. The number of benzene rings is 2. The van der Waals surface area contributed by atoms with Crippen molar-refractivity contribution in [3.8, 4) is 0 Å². The van der Waals surface area contributed by atoms with E-state index < -0.39 is 5.97 Å². The highest BCUT2D eigenvalue weighted by molar-refractivity contribution is 7.80.